The molecule has 1 rings (SSSR count). The topological polar surface area (TPSA) is 77.0 Å². The fraction of sp³-hybridized carbons (Fsp3) is 0.750. The zero-order chi connectivity index (χ0) is 13.5. The van der Waals surface area contributed by atoms with E-state index in [4.69, 9.17) is 21.5 Å². The number of nitrogens with zero attached hydrogens (tertiary/aromatic N) is 1. The number of alkyl halides is 4. The summed E-state index contributed by atoms with van der Waals surface area (Å²) in [7, 11) is 0. The molecular weight excluding hydrogens is 265 g/mol. The summed E-state index contributed by atoms with van der Waals surface area (Å²) < 4.78 is 31.5. The second-order valence-electron chi connectivity index (χ2n) is 3.17. The molecule has 0 aliphatic carbocycles. The van der Waals surface area contributed by atoms with Crippen LogP contribution in [0.15, 0.2) is 0 Å². The van der Waals surface area contributed by atoms with E-state index in [0.717, 1.165) is 26.2 Å². The monoisotopic (exact) mass is 276 g/mol. The number of hydrogen-bond donors (Lipinski definition) is 1. The minimum absolute atomic E-state index is 0.0646. The zero-order valence-corrected chi connectivity index (χ0v) is 9.55. The highest BCUT2D eigenvalue weighted by molar-refractivity contribution is 6.27. The zero-order valence-electron chi connectivity index (χ0n) is 8.80. The molecule has 0 saturated carbocycles. The van der Waals surface area contributed by atoms with Crippen molar-refractivity contribution in [3.63, 3.8) is 0 Å². The molecule has 1 amide bonds. The van der Waals surface area contributed by atoms with E-state index in [1.165, 1.54) is 0 Å². The minimum atomic E-state index is -5.19. The van der Waals surface area contributed by atoms with Crippen LogP contribution in [0.25, 0.3) is 0 Å². The summed E-state index contributed by atoms with van der Waals surface area (Å²) in [5, 5.41) is 11.0. The molecular formula is C8H12ClF3N2O3. The minimum Gasteiger partial charge on any atom is -0.542 e. The van der Waals surface area contributed by atoms with Crippen molar-refractivity contribution in [2.24, 2.45) is 0 Å². The molecule has 100 valence electrons. The van der Waals surface area contributed by atoms with E-state index in [-0.39, 0.29) is 11.8 Å². The van der Waals surface area contributed by atoms with E-state index >= 15 is 0 Å². The number of amides is 1. The maximum absolute atomic E-state index is 10.9. The van der Waals surface area contributed by atoms with E-state index in [1.54, 1.807) is 0 Å². The number of carboxylic acids is 1. The van der Waals surface area contributed by atoms with Gasteiger partial charge in [0, 0.05) is 0 Å². The molecule has 0 spiro atoms. The molecule has 0 aromatic rings. The first-order valence-electron chi connectivity index (χ1n) is 4.72. The van der Waals surface area contributed by atoms with Crippen LogP contribution in [0.5, 0.6) is 0 Å². The van der Waals surface area contributed by atoms with Gasteiger partial charge in [-0.15, -0.1) is 11.6 Å². The Bertz CT molecular complexity index is 267. The first-order chi connectivity index (χ1) is 7.79. The quantitative estimate of drug-likeness (QED) is 0.559. The van der Waals surface area contributed by atoms with Gasteiger partial charge in [-0.2, -0.15) is 13.2 Å². The Morgan fingerprint density at radius 2 is 1.71 bits per heavy atom. The lowest BCUT2D eigenvalue weighted by molar-refractivity contribution is -0.662. The van der Waals surface area contributed by atoms with Crippen molar-refractivity contribution < 1.29 is 33.2 Å². The molecule has 1 aliphatic heterocycles. The first-order valence-corrected chi connectivity index (χ1v) is 5.26. The molecule has 0 radical (unpaired) electrons. The number of nitrogens with two attached hydrogens (primary N) is 1. The Kier molecular flexibility index (Phi) is 6.89. The number of piperazine rings is 1. The van der Waals surface area contributed by atoms with Crippen molar-refractivity contribution >= 4 is 23.5 Å². The van der Waals surface area contributed by atoms with E-state index in [1.807, 2.05) is 4.90 Å². The number of halogens is 4. The maximum atomic E-state index is 10.9. The van der Waals surface area contributed by atoms with Crippen molar-refractivity contribution in [1.29, 1.82) is 0 Å². The molecule has 17 heavy (non-hydrogen) atoms. The lowest BCUT2D eigenvalue weighted by Crippen LogP contribution is -2.89. The number of carboxylic acid groups (broad SMARTS) is 1. The van der Waals surface area contributed by atoms with Gasteiger partial charge in [0.15, 0.2) is 0 Å². The van der Waals surface area contributed by atoms with Gasteiger partial charge in [0.05, 0.1) is 26.2 Å². The first kappa shape index (κ1) is 16.0. The van der Waals surface area contributed by atoms with Gasteiger partial charge < -0.3 is 20.1 Å². The Balaban J connectivity index is 0.000000325. The van der Waals surface area contributed by atoms with Gasteiger partial charge in [-0.25, -0.2) is 0 Å². The van der Waals surface area contributed by atoms with E-state index < -0.39 is 12.1 Å². The number of carbonyl (C=O) groups excluding carboxylic acids is 2. The van der Waals surface area contributed by atoms with Gasteiger partial charge in [-0.3, -0.25) is 4.79 Å². The Morgan fingerprint density at radius 3 is 2.00 bits per heavy atom. The van der Waals surface area contributed by atoms with Gasteiger partial charge in [-0.1, -0.05) is 0 Å². The SMILES string of the molecule is O=C(CCl)N1CC[NH2+]CC1.O=C([O-])C(F)(F)F. The van der Waals surface area contributed by atoms with Gasteiger partial charge in [0.1, 0.15) is 11.8 Å². The number of carbonyl (C=O) groups is 2. The Labute approximate surface area is 101 Å². The predicted molar refractivity (Wildman–Crippen MR) is 50.0 cm³/mol. The van der Waals surface area contributed by atoms with Crippen LogP contribution in [0, 0.1) is 0 Å². The highest BCUT2D eigenvalue weighted by Crippen LogP contribution is 2.11. The van der Waals surface area contributed by atoms with Crippen LogP contribution in [-0.2, 0) is 9.59 Å². The van der Waals surface area contributed by atoms with Crippen LogP contribution in [-0.4, -0.2) is 55.0 Å². The summed E-state index contributed by atoms with van der Waals surface area (Å²) in [5.74, 6) is -2.82. The number of aliphatic carboxylic acids is 1. The lowest BCUT2D eigenvalue weighted by atomic mass is 10.3. The normalized spacial score (nSPS) is 15.9. The van der Waals surface area contributed by atoms with Crippen LogP contribution in [0.3, 0.4) is 0 Å². The molecule has 0 atom stereocenters. The number of quaternary nitrogens is 1. The molecule has 1 heterocycles. The van der Waals surface area contributed by atoms with Crippen LogP contribution >= 0.6 is 11.6 Å². The maximum Gasteiger partial charge on any atom is 0.430 e. The molecule has 0 aromatic carbocycles. The predicted octanol–water partition coefficient (Wildman–Crippen LogP) is -2.07. The second-order valence-corrected chi connectivity index (χ2v) is 3.43. The Hall–Kier alpha value is -1.02. The van der Waals surface area contributed by atoms with Crippen molar-refractivity contribution in [2.75, 3.05) is 32.1 Å². The lowest BCUT2D eigenvalue weighted by Gasteiger charge is -2.24. The van der Waals surface area contributed by atoms with Crippen LogP contribution in [0.1, 0.15) is 0 Å². The van der Waals surface area contributed by atoms with Crippen molar-refractivity contribution in [3.05, 3.63) is 0 Å². The van der Waals surface area contributed by atoms with Crippen LogP contribution in [0.4, 0.5) is 13.2 Å². The fourth-order valence-corrected chi connectivity index (χ4v) is 1.25. The standard InChI is InChI=1S/C6H11ClN2O.C2HF3O2/c7-5-6(10)9-3-1-8-2-4-9;3-2(4,5)1(6)7/h8H,1-5H2;(H,6,7). The summed E-state index contributed by atoms with van der Waals surface area (Å²) in [6, 6.07) is 0. The number of hydrogen-bond acceptors (Lipinski definition) is 3. The number of rotatable bonds is 1. The van der Waals surface area contributed by atoms with Gasteiger partial charge in [0.2, 0.25) is 5.91 Å². The van der Waals surface area contributed by atoms with Crippen LogP contribution < -0.4 is 10.4 Å². The third-order valence-corrected chi connectivity index (χ3v) is 2.13. The van der Waals surface area contributed by atoms with Gasteiger partial charge >= 0.3 is 6.18 Å². The molecule has 5 nitrogen and oxygen atoms in total. The second kappa shape index (κ2) is 7.33. The fourth-order valence-electron chi connectivity index (χ4n) is 1.08. The molecule has 0 aromatic heterocycles. The highest BCUT2D eigenvalue weighted by atomic mass is 35.5. The molecule has 1 fully saturated rings. The van der Waals surface area contributed by atoms with E-state index in [9.17, 15) is 18.0 Å². The molecule has 9 heteroatoms. The third-order valence-electron chi connectivity index (χ3n) is 1.90. The summed E-state index contributed by atoms with van der Waals surface area (Å²) in [6.45, 7) is 3.74. The van der Waals surface area contributed by atoms with Crippen molar-refractivity contribution in [2.45, 2.75) is 6.18 Å². The molecule has 1 saturated heterocycles. The average molecular weight is 277 g/mol. The van der Waals surface area contributed by atoms with Gasteiger partial charge in [-0.05, 0) is 0 Å². The average Bonchev–Trinajstić information content (AvgIpc) is 2.28. The smallest absolute Gasteiger partial charge is 0.430 e. The van der Waals surface area contributed by atoms with E-state index in [0.29, 0.717) is 0 Å². The largest absolute Gasteiger partial charge is 0.542 e. The highest BCUT2D eigenvalue weighted by Gasteiger charge is 2.28. The Morgan fingerprint density at radius 1 is 1.29 bits per heavy atom. The molecule has 0 unspecified atom stereocenters. The van der Waals surface area contributed by atoms with Crippen molar-refractivity contribution in [1.82, 2.24) is 4.90 Å². The van der Waals surface area contributed by atoms with E-state index in [2.05, 4.69) is 5.32 Å². The third kappa shape index (κ3) is 7.01. The molecule has 0 bridgehead atoms. The molecule has 1 aliphatic rings. The van der Waals surface area contributed by atoms with Crippen molar-refractivity contribution in [3.8, 4) is 0 Å². The summed E-state index contributed by atoms with van der Waals surface area (Å²) in [5.41, 5.74) is 0. The van der Waals surface area contributed by atoms with Crippen LogP contribution in [0.2, 0.25) is 0 Å². The summed E-state index contributed by atoms with van der Waals surface area (Å²) in [6.07, 6.45) is -5.19. The molecule has 2 N–H and O–H groups in total. The summed E-state index contributed by atoms with van der Waals surface area (Å²) in [4.78, 5) is 21.5. The summed E-state index contributed by atoms with van der Waals surface area (Å²) >= 11 is 5.38. The van der Waals surface area contributed by atoms with Gasteiger partial charge in [0.25, 0.3) is 0 Å².